The molecule has 0 aromatic heterocycles. The molecule has 1 aromatic carbocycles. The third kappa shape index (κ3) is 3.62. The minimum atomic E-state index is -4.45. The van der Waals surface area contributed by atoms with Gasteiger partial charge >= 0.3 is 43.7 Å². The molecule has 1 aromatic rings. The molecule has 0 radical (unpaired) electrons. The van der Waals surface area contributed by atoms with Crippen LogP contribution in [0.25, 0.3) is 0 Å². The van der Waals surface area contributed by atoms with Crippen molar-refractivity contribution in [3.8, 4) is 5.75 Å². The zero-order valence-corrected chi connectivity index (χ0v) is 7.52. The van der Waals surface area contributed by atoms with Gasteiger partial charge in [-0.25, -0.2) is 4.79 Å². The third-order valence-corrected chi connectivity index (χ3v) is 2.35. The van der Waals surface area contributed by atoms with E-state index in [2.05, 4.69) is 0 Å². The van der Waals surface area contributed by atoms with Gasteiger partial charge in [-0.1, -0.05) is 0 Å². The number of benzene rings is 1. The Morgan fingerprint density at radius 2 is 1.80 bits per heavy atom. The first-order chi connectivity index (χ1) is 6.32. The van der Waals surface area contributed by atoms with Crippen molar-refractivity contribution in [3.63, 3.8) is 0 Å². The molecule has 0 saturated heterocycles. The fourth-order valence-electron chi connectivity index (χ4n) is 0.847. The van der Waals surface area contributed by atoms with Gasteiger partial charge in [0, 0.05) is 0 Å². The summed E-state index contributed by atoms with van der Waals surface area (Å²) in [5.41, 5.74) is -0.583. The van der Waals surface area contributed by atoms with Gasteiger partial charge in [0.1, 0.15) is 11.3 Å². The third-order valence-electron chi connectivity index (χ3n) is 1.50. The summed E-state index contributed by atoms with van der Waals surface area (Å²) in [6.45, 7) is 0. The van der Waals surface area contributed by atoms with E-state index in [-0.39, 0.29) is 37.7 Å². The normalized spacial score (nSPS) is 10.5. The van der Waals surface area contributed by atoms with Gasteiger partial charge in [-0.2, -0.15) is 8.42 Å². The Bertz CT molecular complexity index is 480. The Kier molecular flexibility index (Phi) is 5.01. The van der Waals surface area contributed by atoms with Crippen molar-refractivity contribution in [1.82, 2.24) is 0 Å². The van der Waals surface area contributed by atoms with E-state index in [4.69, 9.17) is 14.8 Å². The van der Waals surface area contributed by atoms with Gasteiger partial charge < -0.3 is 10.2 Å². The van der Waals surface area contributed by atoms with Crippen LogP contribution >= 0.6 is 0 Å². The summed E-state index contributed by atoms with van der Waals surface area (Å²) in [6.07, 6.45) is 0. The summed E-state index contributed by atoms with van der Waals surface area (Å²) in [5, 5.41) is 17.5. The zero-order chi connectivity index (χ0) is 10.9. The Balaban J connectivity index is 0.00000196. The zero-order valence-electron chi connectivity index (χ0n) is 6.71. The molecule has 0 fully saturated rings. The molecule has 0 unspecified atom stereocenters. The van der Waals surface area contributed by atoms with Gasteiger partial charge in [-0.15, -0.1) is 0 Å². The number of aromatic carboxylic acids is 1. The molecule has 1 rings (SSSR count). The van der Waals surface area contributed by atoms with Crippen LogP contribution in [0, 0.1) is 0 Å². The fraction of sp³-hybridized carbons (Fsp3) is 0. The van der Waals surface area contributed by atoms with E-state index in [0.717, 1.165) is 12.1 Å². The maximum absolute atomic E-state index is 10.6. The summed E-state index contributed by atoms with van der Waals surface area (Å²) < 4.78 is 29.8. The molecule has 0 amide bonds. The van der Waals surface area contributed by atoms with Crippen LogP contribution < -0.4 is 0 Å². The predicted molar refractivity (Wildman–Crippen MR) is 53.4 cm³/mol. The molecule has 80 valence electrons. The van der Waals surface area contributed by atoms with Gasteiger partial charge in [0.05, 0.1) is 4.90 Å². The quantitative estimate of drug-likeness (QED) is 0.484. The van der Waals surface area contributed by atoms with Crippen LogP contribution in [0.5, 0.6) is 5.75 Å². The SMILES string of the molecule is O=C(O)c1cc(S(=O)(=O)O)ccc1O.[CaH2]. The molecule has 3 N–H and O–H groups in total. The van der Waals surface area contributed by atoms with Crippen LogP contribution in [0.1, 0.15) is 10.4 Å². The number of carbonyl (C=O) groups is 1. The molecule has 0 bridgehead atoms. The van der Waals surface area contributed by atoms with E-state index < -0.39 is 32.3 Å². The van der Waals surface area contributed by atoms with Gasteiger partial charge in [-0.3, -0.25) is 4.55 Å². The summed E-state index contributed by atoms with van der Waals surface area (Å²) >= 11 is 0. The van der Waals surface area contributed by atoms with Gasteiger partial charge in [0.25, 0.3) is 10.1 Å². The summed E-state index contributed by atoms with van der Waals surface area (Å²) in [4.78, 5) is 9.89. The van der Waals surface area contributed by atoms with Crippen LogP contribution in [-0.2, 0) is 10.1 Å². The molecule has 8 heteroatoms. The molecular weight excluding hydrogens is 252 g/mol. The molecule has 0 spiro atoms. The number of phenols is 1. The molecule has 0 aliphatic heterocycles. The van der Waals surface area contributed by atoms with Crippen LogP contribution in [0.4, 0.5) is 0 Å². The summed E-state index contributed by atoms with van der Waals surface area (Å²) in [5.74, 6) is -2.04. The Morgan fingerprint density at radius 1 is 1.27 bits per heavy atom. The summed E-state index contributed by atoms with van der Waals surface area (Å²) in [6, 6.07) is 2.46. The van der Waals surface area contributed by atoms with Crippen molar-refractivity contribution in [3.05, 3.63) is 23.8 Å². The second-order valence-electron chi connectivity index (χ2n) is 2.46. The Labute approximate surface area is 115 Å². The number of hydrogen-bond donors (Lipinski definition) is 3. The van der Waals surface area contributed by atoms with E-state index in [1.807, 2.05) is 0 Å². The van der Waals surface area contributed by atoms with Crippen molar-refractivity contribution in [2.24, 2.45) is 0 Å². The first kappa shape index (κ1) is 14.7. The first-order valence-electron chi connectivity index (χ1n) is 3.36. The average Bonchev–Trinajstić information content (AvgIpc) is 2.02. The second kappa shape index (κ2) is 5.13. The van der Waals surface area contributed by atoms with Crippen molar-refractivity contribution >= 4 is 53.8 Å². The van der Waals surface area contributed by atoms with Crippen molar-refractivity contribution in [2.45, 2.75) is 4.90 Å². The van der Waals surface area contributed by atoms with Crippen LogP contribution in [0.3, 0.4) is 0 Å². The number of rotatable bonds is 2. The van der Waals surface area contributed by atoms with Crippen molar-refractivity contribution < 1.29 is 28.0 Å². The average molecular weight is 260 g/mol. The molecule has 15 heavy (non-hydrogen) atoms. The summed E-state index contributed by atoms with van der Waals surface area (Å²) in [7, 11) is -4.45. The van der Waals surface area contributed by atoms with E-state index in [0.29, 0.717) is 6.07 Å². The molecule has 0 aliphatic rings. The van der Waals surface area contributed by atoms with Crippen molar-refractivity contribution in [2.75, 3.05) is 0 Å². The molecular formula is C7H8CaO6S. The van der Waals surface area contributed by atoms with Crippen LogP contribution in [0.15, 0.2) is 23.1 Å². The minimum absolute atomic E-state index is 0. The molecule has 0 heterocycles. The van der Waals surface area contributed by atoms with E-state index in [1.165, 1.54) is 0 Å². The van der Waals surface area contributed by atoms with Gasteiger partial charge in [0.2, 0.25) is 0 Å². The first-order valence-corrected chi connectivity index (χ1v) is 4.80. The number of carboxylic acid groups (broad SMARTS) is 1. The topological polar surface area (TPSA) is 112 Å². The maximum atomic E-state index is 10.6. The molecule has 0 aliphatic carbocycles. The second-order valence-corrected chi connectivity index (χ2v) is 3.88. The van der Waals surface area contributed by atoms with E-state index in [9.17, 15) is 13.2 Å². The number of hydrogen-bond acceptors (Lipinski definition) is 4. The Morgan fingerprint density at radius 3 is 2.20 bits per heavy atom. The van der Waals surface area contributed by atoms with E-state index >= 15 is 0 Å². The Hall–Kier alpha value is -0.340. The monoisotopic (exact) mass is 260 g/mol. The standard InChI is InChI=1S/C7H6O6S.Ca.2H/c8-6-2-1-4(14(11,12)13)3-5(6)7(9)10;;;/h1-3,8H,(H,9,10)(H,11,12,13);;;. The predicted octanol–water partition coefficient (Wildman–Crippen LogP) is -0.579. The van der Waals surface area contributed by atoms with E-state index in [1.54, 1.807) is 0 Å². The van der Waals surface area contributed by atoms with Gasteiger partial charge in [0.15, 0.2) is 0 Å². The van der Waals surface area contributed by atoms with Crippen LogP contribution in [0.2, 0.25) is 0 Å². The number of aromatic hydroxyl groups is 1. The molecule has 0 saturated carbocycles. The van der Waals surface area contributed by atoms with Gasteiger partial charge in [-0.05, 0) is 18.2 Å². The number of carboxylic acids is 1. The van der Waals surface area contributed by atoms with Crippen LogP contribution in [-0.4, -0.2) is 66.9 Å². The molecule has 6 nitrogen and oxygen atoms in total. The van der Waals surface area contributed by atoms with Crippen molar-refractivity contribution in [1.29, 1.82) is 0 Å². The fourth-order valence-corrected chi connectivity index (χ4v) is 1.35. The molecule has 0 atom stereocenters.